The lowest BCUT2D eigenvalue weighted by atomic mass is 9.78. The minimum Gasteiger partial charge on any atom is -0.468 e. The third-order valence-corrected chi connectivity index (χ3v) is 1.84. The summed E-state index contributed by atoms with van der Waals surface area (Å²) in [7, 11) is 1.37. The molecule has 3 nitrogen and oxygen atoms in total. The maximum atomic E-state index is 10.8. The van der Waals surface area contributed by atoms with Crippen molar-refractivity contribution in [2.45, 2.75) is 24.8 Å². The summed E-state index contributed by atoms with van der Waals surface area (Å²) in [5, 5.41) is 0. The quantitative estimate of drug-likeness (QED) is 0.575. The highest BCUT2D eigenvalue weighted by molar-refractivity contribution is 5.85. The fourth-order valence-corrected chi connectivity index (χ4v) is 0.965. The molecule has 1 aliphatic carbocycles. The summed E-state index contributed by atoms with van der Waals surface area (Å²) in [6.45, 7) is 0. The van der Waals surface area contributed by atoms with Crippen molar-refractivity contribution in [3.8, 4) is 0 Å². The Kier molecular flexibility index (Phi) is 3.12. The highest BCUT2D eigenvalue weighted by Crippen LogP contribution is 2.29. The summed E-state index contributed by atoms with van der Waals surface area (Å²) in [6, 6.07) is 0. The molecule has 0 bridgehead atoms. The zero-order valence-corrected chi connectivity index (χ0v) is 6.74. The van der Waals surface area contributed by atoms with Crippen LogP contribution in [0.5, 0.6) is 0 Å². The first-order valence-electron chi connectivity index (χ1n) is 3.06. The van der Waals surface area contributed by atoms with E-state index in [9.17, 15) is 4.79 Å². The molecule has 0 amide bonds. The van der Waals surface area contributed by atoms with Crippen LogP contribution >= 0.6 is 12.4 Å². The first-order chi connectivity index (χ1) is 4.19. The van der Waals surface area contributed by atoms with Gasteiger partial charge in [0.15, 0.2) is 0 Å². The predicted octanol–water partition coefficient (Wildman–Crippen LogP) is 0.463. The number of hydrogen-bond donors (Lipinski definition) is 1. The SMILES string of the molecule is COC(=O)C1(N)CCC1.Cl. The van der Waals surface area contributed by atoms with E-state index >= 15 is 0 Å². The molecule has 60 valence electrons. The second-order valence-electron chi connectivity index (χ2n) is 2.50. The molecule has 4 heteroatoms. The average Bonchev–Trinajstić information content (AvgIpc) is 1.81. The van der Waals surface area contributed by atoms with E-state index < -0.39 is 5.54 Å². The fourth-order valence-electron chi connectivity index (χ4n) is 0.965. The Morgan fingerprint density at radius 1 is 1.60 bits per heavy atom. The van der Waals surface area contributed by atoms with Gasteiger partial charge in [0.05, 0.1) is 7.11 Å². The Morgan fingerprint density at radius 3 is 2.20 bits per heavy atom. The number of hydrogen-bond acceptors (Lipinski definition) is 3. The number of methoxy groups -OCH3 is 1. The molecule has 1 fully saturated rings. The Hall–Kier alpha value is -0.280. The fraction of sp³-hybridized carbons (Fsp3) is 0.833. The molecule has 0 heterocycles. The van der Waals surface area contributed by atoms with Gasteiger partial charge in [0, 0.05) is 0 Å². The van der Waals surface area contributed by atoms with Gasteiger partial charge in [-0.15, -0.1) is 12.4 Å². The highest BCUT2D eigenvalue weighted by atomic mass is 35.5. The van der Waals surface area contributed by atoms with Crippen LogP contribution in [0.3, 0.4) is 0 Å². The van der Waals surface area contributed by atoms with Gasteiger partial charge in [-0.25, -0.2) is 0 Å². The number of carbonyl (C=O) groups excluding carboxylic acids is 1. The Bertz CT molecular complexity index is 134. The van der Waals surface area contributed by atoms with E-state index in [0.717, 1.165) is 19.3 Å². The molecule has 0 aliphatic heterocycles. The molecule has 0 unspecified atom stereocenters. The van der Waals surface area contributed by atoms with Crippen LogP contribution in [0.25, 0.3) is 0 Å². The second-order valence-corrected chi connectivity index (χ2v) is 2.50. The third kappa shape index (κ3) is 1.41. The minimum absolute atomic E-state index is 0. The van der Waals surface area contributed by atoms with E-state index in [4.69, 9.17) is 5.73 Å². The number of halogens is 1. The van der Waals surface area contributed by atoms with Gasteiger partial charge in [0.1, 0.15) is 5.54 Å². The molecule has 1 aliphatic rings. The summed E-state index contributed by atoms with van der Waals surface area (Å²) in [5.41, 5.74) is 4.95. The highest BCUT2D eigenvalue weighted by Gasteiger charge is 2.41. The Morgan fingerprint density at radius 2 is 2.10 bits per heavy atom. The molecule has 0 saturated heterocycles. The Labute approximate surface area is 66.3 Å². The number of rotatable bonds is 1. The van der Waals surface area contributed by atoms with Crippen LogP contribution in [0.15, 0.2) is 0 Å². The molecule has 1 saturated carbocycles. The van der Waals surface area contributed by atoms with E-state index in [2.05, 4.69) is 4.74 Å². The molecule has 0 atom stereocenters. The van der Waals surface area contributed by atoms with Gasteiger partial charge in [-0.05, 0) is 19.3 Å². The first-order valence-corrected chi connectivity index (χ1v) is 3.06. The number of nitrogens with two attached hydrogens (primary N) is 1. The maximum absolute atomic E-state index is 10.8. The van der Waals surface area contributed by atoms with Crippen molar-refractivity contribution in [3.63, 3.8) is 0 Å². The number of esters is 1. The van der Waals surface area contributed by atoms with Crippen molar-refractivity contribution in [2.75, 3.05) is 7.11 Å². The van der Waals surface area contributed by atoms with Gasteiger partial charge < -0.3 is 10.5 Å². The van der Waals surface area contributed by atoms with Crippen molar-refractivity contribution in [2.24, 2.45) is 5.73 Å². The summed E-state index contributed by atoms with van der Waals surface area (Å²) in [5.74, 6) is -0.270. The van der Waals surface area contributed by atoms with Gasteiger partial charge in [-0.1, -0.05) is 0 Å². The lowest BCUT2D eigenvalue weighted by Crippen LogP contribution is -2.54. The Balaban J connectivity index is 0.000000810. The third-order valence-electron chi connectivity index (χ3n) is 1.84. The second kappa shape index (κ2) is 3.21. The smallest absolute Gasteiger partial charge is 0.325 e. The molecule has 2 N–H and O–H groups in total. The van der Waals surface area contributed by atoms with E-state index in [1.807, 2.05) is 0 Å². The molecule has 0 spiro atoms. The topological polar surface area (TPSA) is 52.3 Å². The zero-order valence-electron chi connectivity index (χ0n) is 5.92. The summed E-state index contributed by atoms with van der Waals surface area (Å²) in [4.78, 5) is 10.8. The molecule has 10 heavy (non-hydrogen) atoms. The number of carbonyl (C=O) groups is 1. The van der Waals surface area contributed by atoms with Crippen LogP contribution in [0, 0.1) is 0 Å². The average molecular weight is 166 g/mol. The summed E-state index contributed by atoms with van der Waals surface area (Å²) >= 11 is 0. The van der Waals surface area contributed by atoms with Crippen LogP contribution < -0.4 is 5.73 Å². The normalized spacial score (nSPS) is 20.2. The zero-order chi connectivity index (χ0) is 6.91. The van der Waals surface area contributed by atoms with Crippen molar-refractivity contribution in [1.82, 2.24) is 0 Å². The minimum atomic E-state index is -0.630. The van der Waals surface area contributed by atoms with E-state index in [0.29, 0.717) is 0 Å². The van der Waals surface area contributed by atoms with Crippen LogP contribution in [0.4, 0.5) is 0 Å². The van der Waals surface area contributed by atoms with Crippen LogP contribution in [0.2, 0.25) is 0 Å². The molecule has 0 aromatic rings. The van der Waals surface area contributed by atoms with Crippen molar-refractivity contribution in [3.05, 3.63) is 0 Å². The van der Waals surface area contributed by atoms with E-state index in [1.165, 1.54) is 7.11 Å². The first kappa shape index (κ1) is 9.72. The largest absolute Gasteiger partial charge is 0.468 e. The predicted molar refractivity (Wildman–Crippen MR) is 40.0 cm³/mol. The standard InChI is InChI=1S/C6H11NO2.ClH/c1-9-5(8)6(7)3-2-4-6;/h2-4,7H2,1H3;1H. The lowest BCUT2D eigenvalue weighted by Gasteiger charge is -2.34. The lowest BCUT2D eigenvalue weighted by molar-refractivity contribution is -0.150. The van der Waals surface area contributed by atoms with Crippen molar-refractivity contribution >= 4 is 18.4 Å². The number of ether oxygens (including phenoxy) is 1. The summed E-state index contributed by atoms with van der Waals surface area (Å²) < 4.78 is 4.49. The molecule has 1 rings (SSSR count). The van der Waals surface area contributed by atoms with Gasteiger partial charge in [-0.3, -0.25) is 4.79 Å². The van der Waals surface area contributed by atoms with Gasteiger partial charge >= 0.3 is 5.97 Å². The van der Waals surface area contributed by atoms with E-state index in [-0.39, 0.29) is 18.4 Å². The van der Waals surface area contributed by atoms with Gasteiger partial charge in [0.25, 0.3) is 0 Å². The molecule has 0 radical (unpaired) electrons. The molecule has 0 aromatic heterocycles. The van der Waals surface area contributed by atoms with Crippen LogP contribution in [-0.4, -0.2) is 18.6 Å². The molecular formula is C6H12ClNO2. The van der Waals surface area contributed by atoms with Crippen LogP contribution in [-0.2, 0) is 9.53 Å². The van der Waals surface area contributed by atoms with Crippen molar-refractivity contribution < 1.29 is 9.53 Å². The van der Waals surface area contributed by atoms with Gasteiger partial charge in [-0.2, -0.15) is 0 Å². The van der Waals surface area contributed by atoms with E-state index in [1.54, 1.807) is 0 Å². The monoisotopic (exact) mass is 165 g/mol. The van der Waals surface area contributed by atoms with Crippen molar-refractivity contribution in [1.29, 1.82) is 0 Å². The summed E-state index contributed by atoms with van der Waals surface area (Å²) in [6.07, 6.45) is 2.60. The maximum Gasteiger partial charge on any atom is 0.325 e. The van der Waals surface area contributed by atoms with Crippen LogP contribution in [0.1, 0.15) is 19.3 Å². The molecular weight excluding hydrogens is 154 g/mol. The molecule has 0 aromatic carbocycles. The van der Waals surface area contributed by atoms with Gasteiger partial charge in [0.2, 0.25) is 0 Å².